The number of halogens is 3. The zero-order valence-corrected chi connectivity index (χ0v) is 16.2. The van der Waals surface area contributed by atoms with Gasteiger partial charge in [-0.05, 0) is 79.3 Å². The Balaban J connectivity index is 1.68. The fraction of sp³-hybridized carbons (Fsp3) is 0.286. The molecule has 0 aliphatic carbocycles. The van der Waals surface area contributed by atoms with Crippen LogP contribution in [-0.4, -0.2) is 19.7 Å². The van der Waals surface area contributed by atoms with Gasteiger partial charge < -0.3 is 10.1 Å². The first-order valence-corrected chi connectivity index (χ1v) is 9.48. The van der Waals surface area contributed by atoms with Gasteiger partial charge in [-0.25, -0.2) is 0 Å². The van der Waals surface area contributed by atoms with E-state index in [1.54, 1.807) is 11.3 Å². The number of benzene rings is 1. The third-order valence-corrected chi connectivity index (χ3v) is 5.03. The van der Waals surface area contributed by atoms with Gasteiger partial charge in [0.1, 0.15) is 12.4 Å². The van der Waals surface area contributed by atoms with Crippen molar-refractivity contribution in [3.8, 4) is 5.75 Å². The van der Waals surface area contributed by atoms with Crippen molar-refractivity contribution in [1.29, 1.82) is 0 Å². The molecule has 0 saturated carbocycles. The Hall–Kier alpha value is 0.120. The van der Waals surface area contributed by atoms with Gasteiger partial charge in [-0.1, -0.05) is 15.9 Å². The fourth-order valence-electron chi connectivity index (χ4n) is 1.68. The quantitative estimate of drug-likeness (QED) is 0.543. The third kappa shape index (κ3) is 5.15. The molecule has 0 amide bonds. The van der Waals surface area contributed by atoms with Crippen LogP contribution in [0, 0.1) is 0 Å². The number of hydrogen-bond acceptors (Lipinski definition) is 3. The largest absolute Gasteiger partial charge is 0.490 e. The molecule has 2 rings (SSSR count). The molecule has 0 fully saturated rings. The maximum atomic E-state index is 5.78. The second-order valence-corrected chi connectivity index (χ2v) is 7.58. The maximum absolute atomic E-state index is 5.78. The van der Waals surface area contributed by atoms with Crippen LogP contribution in [0.25, 0.3) is 0 Å². The van der Waals surface area contributed by atoms with E-state index in [2.05, 4.69) is 69.9 Å². The van der Waals surface area contributed by atoms with Crippen molar-refractivity contribution >= 4 is 59.1 Å². The Morgan fingerprint density at radius 3 is 2.50 bits per heavy atom. The van der Waals surface area contributed by atoms with Crippen molar-refractivity contribution in [1.82, 2.24) is 5.32 Å². The normalized spacial score (nSPS) is 10.8. The highest BCUT2D eigenvalue weighted by Crippen LogP contribution is 2.36. The zero-order chi connectivity index (χ0) is 14.4. The topological polar surface area (TPSA) is 21.3 Å². The predicted molar refractivity (Wildman–Crippen MR) is 95.9 cm³/mol. The van der Waals surface area contributed by atoms with Crippen molar-refractivity contribution in [2.75, 3.05) is 19.7 Å². The van der Waals surface area contributed by atoms with E-state index >= 15 is 0 Å². The number of hydrogen-bond donors (Lipinski definition) is 1. The van der Waals surface area contributed by atoms with Crippen LogP contribution in [0.4, 0.5) is 0 Å². The molecule has 6 heteroatoms. The number of rotatable bonds is 7. The van der Waals surface area contributed by atoms with E-state index in [1.165, 1.54) is 5.56 Å². The Kier molecular flexibility index (Phi) is 7.04. The lowest BCUT2D eigenvalue weighted by atomic mass is 10.2. The standard InChI is InChI=1S/C14H14Br3NOS/c15-11-7-12(16)14(13(17)8-11)19-5-4-18-3-1-10-2-6-20-9-10/h2,6-9,18H,1,3-5H2. The van der Waals surface area contributed by atoms with Crippen LogP contribution >= 0.6 is 59.1 Å². The first-order valence-electron chi connectivity index (χ1n) is 6.16. The molecule has 0 atom stereocenters. The Morgan fingerprint density at radius 1 is 1.10 bits per heavy atom. The van der Waals surface area contributed by atoms with Crippen molar-refractivity contribution < 1.29 is 4.74 Å². The first-order chi connectivity index (χ1) is 9.66. The van der Waals surface area contributed by atoms with Gasteiger partial charge in [0.05, 0.1) is 8.95 Å². The summed E-state index contributed by atoms with van der Waals surface area (Å²) in [6, 6.07) is 6.12. The van der Waals surface area contributed by atoms with E-state index in [9.17, 15) is 0 Å². The molecule has 0 bridgehead atoms. The van der Waals surface area contributed by atoms with Crippen LogP contribution in [0.2, 0.25) is 0 Å². The highest BCUT2D eigenvalue weighted by molar-refractivity contribution is 9.11. The average Bonchev–Trinajstić information content (AvgIpc) is 2.89. The van der Waals surface area contributed by atoms with E-state index in [4.69, 9.17) is 4.74 Å². The summed E-state index contributed by atoms with van der Waals surface area (Å²) < 4.78 is 8.68. The number of nitrogens with one attached hydrogen (secondary N) is 1. The monoisotopic (exact) mass is 481 g/mol. The zero-order valence-electron chi connectivity index (χ0n) is 10.7. The van der Waals surface area contributed by atoms with Crippen molar-refractivity contribution in [3.63, 3.8) is 0 Å². The molecule has 1 aromatic carbocycles. The molecule has 1 aromatic heterocycles. The molecule has 0 aliphatic rings. The molecule has 2 nitrogen and oxygen atoms in total. The molecular weight excluding hydrogens is 470 g/mol. The van der Waals surface area contributed by atoms with Gasteiger partial charge in [0.15, 0.2) is 0 Å². The Bertz CT molecular complexity index is 522. The van der Waals surface area contributed by atoms with Crippen LogP contribution < -0.4 is 10.1 Å². The second kappa shape index (κ2) is 8.54. The van der Waals surface area contributed by atoms with Gasteiger partial charge in [0.25, 0.3) is 0 Å². The van der Waals surface area contributed by atoms with Gasteiger partial charge in [0.2, 0.25) is 0 Å². The first kappa shape index (κ1) is 16.5. The summed E-state index contributed by atoms with van der Waals surface area (Å²) in [6.45, 7) is 2.45. The summed E-state index contributed by atoms with van der Waals surface area (Å²) in [5.41, 5.74) is 1.39. The van der Waals surface area contributed by atoms with Crippen LogP contribution in [-0.2, 0) is 6.42 Å². The minimum Gasteiger partial charge on any atom is -0.490 e. The Morgan fingerprint density at radius 2 is 1.85 bits per heavy atom. The van der Waals surface area contributed by atoms with Crippen molar-refractivity contribution in [3.05, 3.63) is 47.9 Å². The number of thiophene rings is 1. The molecule has 0 saturated heterocycles. The molecule has 0 spiro atoms. The molecule has 0 radical (unpaired) electrons. The summed E-state index contributed by atoms with van der Waals surface area (Å²) in [5, 5.41) is 7.68. The lowest BCUT2D eigenvalue weighted by molar-refractivity contribution is 0.311. The second-order valence-electron chi connectivity index (χ2n) is 4.18. The van der Waals surface area contributed by atoms with Crippen molar-refractivity contribution in [2.24, 2.45) is 0 Å². The van der Waals surface area contributed by atoms with E-state index in [1.807, 2.05) is 12.1 Å². The summed E-state index contributed by atoms with van der Waals surface area (Å²) in [7, 11) is 0. The fourth-order valence-corrected chi connectivity index (χ4v) is 4.88. The molecule has 108 valence electrons. The van der Waals surface area contributed by atoms with Crippen LogP contribution in [0.15, 0.2) is 42.4 Å². The van der Waals surface area contributed by atoms with Gasteiger partial charge in [-0.3, -0.25) is 0 Å². The summed E-state index contributed by atoms with van der Waals surface area (Å²) >= 11 is 12.2. The van der Waals surface area contributed by atoms with Gasteiger partial charge in [0, 0.05) is 11.0 Å². The van der Waals surface area contributed by atoms with Crippen LogP contribution in [0.5, 0.6) is 5.75 Å². The Labute approximate surface area is 148 Å². The molecule has 2 aromatic rings. The molecule has 1 heterocycles. The molecule has 0 aliphatic heterocycles. The summed E-state index contributed by atoms with van der Waals surface area (Å²) in [4.78, 5) is 0. The maximum Gasteiger partial charge on any atom is 0.147 e. The average molecular weight is 484 g/mol. The van der Waals surface area contributed by atoms with Crippen molar-refractivity contribution in [2.45, 2.75) is 6.42 Å². The minimum absolute atomic E-state index is 0.641. The molecule has 1 N–H and O–H groups in total. The predicted octanol–water partition coefficient (Wildman–Crippen LogP) is 5.25. The third-order valence-electron chi connectivity index (χ3n) is 2.66. The van der Waals surface area contributed by atoms with Gasteiger partial charge in [-0.15, -0.1) is 0 Å². The minimum atomic E-state index is 0.641. The van der Waals surface area contributed by atoms with Crippen LogP contribution in [0.1, 0.15) is 5.56 Å². The van der Waals surface area contributed by atoms with E-state index in [0.717, 1.165) is 38.7 Å². The van der Waals surface area contributed by atoms with Gasteiger partial charge in [-0.2, -0.15) is 11.3 Å². The lowest BCUT2D eigenvalue weighted by Crippen LogP contribution is -2.23. The summed E-state index contributed by atoms with van der Waals surface area (Å²) in [5.74, 6) is 0.841. The number of ether oxygens (including phenoxy) is 1. The molecule has 0 unspecified atom stereocenters. The molecule has 20 heavy (non-hydrogen) atoms. The SMILES string of the molecule is Brc1cc(Br)c(OCCNCCc2ccsc2)c(Br)c1. The van der Waals surface area contributed by atoms with Crippen LogP contribution in [0.3, 0.4) is 0 Å². The van der Waals surface area contributed by atoms with E-state index in [-0.39, 0.29) is 0 Å². The smallest absolute Gasteiger partial charge is 0.147 e. The van der Waals surface area contributed by atoms with Gasteiger partial charge >= 0.3 is 0 Å². The highest BCUT2D eigenvalue weighted by atomic mass is 79.9. The van der Waals surface area contributed by atoms with E-state index < -0.39 is 0 Å². The highest BCUT2D eigenvalue weighted by Gasteiger charge is 2.07. The summed E-state index contributed by atoms with van der Waals surface area (Å²) in [6.07, 6.45) is 1.06. The molecular formula is C14H14Br3NOS. The van der Waals surface area contributed by atoms with E-state index in [0.29, 0.717) is 6.61 Å². The lowest BCUT2D eigenvalue weighted by Gasteiger charge is -2.11.